The van der Waals surface area contributed by atoms with E-state index < -0.39 is 0 Å². The molecule has 1 atom stereocenters. The van der Waals surface area contributed by atoms with Gasteiger partial charge in [-0.25, -0.2) is 5.32 Å². The van der Waals surface area contributed by atoms with Gasteiger partial charge >= 0.3 is 0 Å². The predicted octanol–water partition coefficient (Wildman–Crippen LogP) is 1.48. The molecule has 0 aliphatic heterocycles. The van der Waals surface area contributed by atoms with Crippen LogP contribution in [-0.4, -0.2) is 12.7 Å². The quantitative estimate of drug-likeness (QED) is 0.562. The van der Waals surface area contributed by atoms with Gasteiger partial charge in [-0.05, 0) is 13.3 Å². The van der Waals surface area contributed by atoms with Crippen molar-refractivity contribution in [3.63, 3.8) is 0 Å². The lowest BCUT2D eigenvalue weighted by Gasteiger charge is -2.03. The van der Waals surface area contributed by atoms with Gasteiger partial charge in [-0.2, -0.15) is 0 Å². The monoisotopic (exact) mass is 143 g/mol. The van der Waals surface area contributed by atoms with Gasteiger partial charge in [0.15, 0.2) is 0 Å². The first-order valence-corrected chi connectivity index (χ1v) is 4.19. The Bertz CT molecular complexity index is 62.3. The van der Waals surface area contributed by atoms with Crippen LogP contribution in [0.15, 0.2) is 0 Å². The van der Waals surface area contributed by atoms with Gasteiger partial charge in [-0.15, -0.1) is 0 Å². The first kappa shape index (κ1) is 9.92. The summed E-state index contributed by atoms with van der Waals surface area (Å²) in [5, 5.41) is 4.17. The maximum atomic E-state index is 5.44. The molecule has 0 saturated heterocycles. The van der Waals surface area contributed by atoms with Crippen LogP contribution in [0.2, 0.25) is 0 Å². The third kappa shape index (κ3) is 7.92. The molecule has 0 rings (SSSR count). The minimum atomic E-state index is 0.0293. The number of unbranched alkanes of at least 4 members (excludes halogenated alkanes) is 3. The van der Waals surface area contributed by atoms with Crippen molar-refractivity contribution in [1.82, 2.24) is 5.32 Å². The molecule has 0 fully saturated rings. The average molecular weight is 143 g/mol. The lowest BCUT2D eigenvalue weighted by atomic mass is 10.2. The molecule has 2 heteroatoms. The van der Waals surface area contributed by atoms with E-state index in [4.69, 9.17) is 5.73 Å². The Morgan fingerprint density at radius 3 is 2.50 bits per heavy atom. The fraction of sp³-hybridized carbons (Fsp3) is 1.00. The van der Waals surface area contributed by atoms with Crippen LogP contribution in [0.25, 0.3) is 0 Å². The molecule has 2 nitrogen and oxygen atoms in total. The van der Waals surface area contributed by atoms with Crippen molar-refractivity contribution in [1.29, 1.82) is 0 Å². The average Bonchev–Trinajstić information content (AvgIpc) is 1.87. The first-order chi connectivity index (χ1) is 4.77. The molecule has 0 aromatic heterocycles. The Morgan fingerprint density at radius 2 is 2.00 bits per heavy atom. The third-order valence-corrected chi connectivity index (χ3v) is 1.43. The van der Waals surface area contributed by atoms with E-state index in [2.05, 4.69) is 12.2 Å². The van der Waals surface area contributed by atoms with Crippen LogP contribution in [-0.2, 0) is 0 Å². The summed E-state index contributed by atoms with van der Waals surface area (Å²) < 4.78 is 0. The Hall–Kier alpha value is -0.0800. The topological polar surface area (TPSA) is 40.1 Å². The Kier molecular flexibility index (Phi) is 6.98. The van der Waals surface area contributed by atoms with Gasteiger partial charge in [0.05, 0.1) is 6.17 Å². The van der Waals surface area contributed by atoms with Gasteiger partial charge in [-0.3, -0.25) is 0 Å². The largest absolute Gasteiger partial charge is 0.315 e. The minimum absolute atomic E-state index is 0.0293. The Balaban J connectivity index is 2.77. The van der Waals surface area contributed by atoms with Crippen LogP contribution in [0.3, 0.4) is 0 Å². The highest BCUT2D eigenvalue weighted by molar-refractivity contribution is 4.50. The molecule has 0 aliphatic rings. The van der Waals surface area contributed by atoms with Gasteiger partial charge in [-0.1, -0.05) is 26.2 Å². The standard InChI is InChI=1S/C8H19N2/c1-3-4-5-6-7-10-8(2)9/h8H,3-7,9H2,1-2H3. The summed E-state index contributed by atoms with van der Waals surface area (Å²) in [6, 6.07) is 0. The van der Waals surface area contributed by atoms with E-state index >= 15 is 0 Å². The van der Waals surface area contributed by atoms with Crippen molar-refractivity contribution in [2.75, 3.05) is 6.54 Å². The minimum Gasteiger partial charge on any atom is -0.315 e. The molecule has 0 aliphatic carbocycles. The number of nitrogens with two attached hydrogens (primary N) is 1. The van der Waals surface area contributed by atoms with E-state index in [1.54, 1.807) is 0 Å². The number of hydrogen-bond donors (Lipinski definition) is 1. The van der Waals surface area contributed by atoms with E-state index in [1.165, 1.54) is 25.7 Å². The highest BCUT2D eigenvalue weighted by atomic mass is 15.0. The van der Waals surface area contributed by atoms with Gasteiger partial charge in [0.25, 0.3) is 0 Å². The number of nitrogens with zero attached hydrogens (tertiary/aromatic N) is 1. The Morgan fingerprint density at radius 1 is 1.30 bits per heavy atom. The third-order valence-electron chi connectivity index (χ3n) is 1.43. The summed E-state index contributed by atoms with van der Waals surface area (Å²) in [6.45, 7) is 5.07. The van der Waals surface area contributed by atoms with E-state index in [-0.39, 0.29) is 6.17 Å². The molecule has 0 aromatic rings. The van der Waals surface area contributed by atoms with Crippen LogP contribution in [0.5, 0.6) is 0 Å². The summed E-state index contributed by atoms with van der Waals surface area (Å²) in [4.78, 5) is 0. The summed E-state index contributed by atoms with van der Waals surface area (Å²) in [6.07, 6.45) is 5.15. The van der Waals surface area contributed by atoms with Crippen molar-refractivity contribution in [2.45, 2.75) is 45.7 Å². The van der Waals surface area contributed by atoms with Gasteiger partial charge < -0.3 is 5.73 Å². The molecular formula is C8H19N2. The molecule has 0 spiro atoms. The molecule has 0 saturated carbocycles. The van der Waals surface area contributed by atoms with E-state index in [0.717, 1.165) is 6.54 Å². The highest BCUT2D eigenvalue weighted by Crippen LogP contribution is 1.97. The molecule has 61 valence electrons. The lowest BCUT2D eigenvalue weighted by molar-refractivity contribution is 0.522. The second-order valence-electron chi connectivity index (χ2n) is 2.71. The summed E-state index contributed by atoms with van der Waals surface area (Å²) in [7, 11) is 0. The van der Waals surface area contributed by atoms with Crippen molar-refractivity contribution in [3.8, 4) is 0 Å². The first-order valence-electron chi connectivity index (χ1n) is 4.19. The zero-order chi connectivity index (χ0) is 7.82. The normalized spacial score (nSPS) is 13.5. The summed E-state index contributed by atoms with van der Waals surface area (Å²) in [5.74, 6) is 0. The lowest BCUT2D eigenvalue weighted by Crippen LogP contribution is -2.28. The molecular weight excluding hydrogens is 124 g/mol. The maximum absolute atomic E-state index is 5.44. The maximum Gasteiger partial charge on any atom is 0.0682 e. The van der Waals surface area contributed by atoms with Crippen LogP contribution in [0.1, 0.15) is 39.5 Å². The number of hydrogen-bond acceptors (Lipinski definition) is 1. The zero-order valence-corrected chi connectivity index (χ0v) is 7.14. The summed E-state index contributed by atoms with van der Waals surface area (Å²) >= 11 is 0. The molecule has 1 unspecified atom stereocenters. The van der Waals surface area contributed by atoms with E-state index in [0.29, 0.717) is 0 Å². The fourth-order valence-corrected chi connectivity index (χ4v) is 0.834. The van der Waals surface area contributed by atoms with Crippen LogP contribution >= 0.6 is 0 Å². The van der Waals surface area contributed by atoms with Crippen molar-refractivity contribution in [2.24, 2.45) is 5.73 Å². The molecule has 0 amide bonds. The second-order valence-corrected chi connectivity index (χ2v) is 2.71. The van der Waals surface area contributed by atoms with E-state index in [9.17, 15) is 0 Å². The predicted molar refractivity (Wildman–Crippen MR) is 44.8 cm³/mol. The van der Waals surface area contributed by atoms with Gasteiger partial charge in [0.1, 0.15) is 0 Å². The smallest absolute Gasteiger partial charge is 0.0682 e. The van der Waals surface area contributed by atoms with Crippen LogP contribution < -0.4 is 11.1 Å². The van der Waals surface area contributed by atoms with Crippen molar-refractivity contribution >= 4 is 0 Å². The molecule has 10 heavy (non-hydrogen) atoms. The molecule has 2 N–H and O–H groups in total. The van der Waals surface area contributed by atoms with E-state index in [1.807, 2.05) is 6.92 Å². The molecule has 0 aromatic carbocycles. The van der Waals surface area contributed by atoms with Crippen LogP contribution in [0.4, 0.5) is 0 Å². The van der Waals surface area contributed by atoms with Gasteiger partial charge in [0.2, 0.25) is 0 Å². The zero-order valence-electron chi connectivity index (χ0n) is 7.14. The fourth-order valence-electron chi connectivity index (χ4n) is 0.834. The molecule has 0 heterocycles. The summed E-state index contributed by atoms with van der Waals surface area (Å²) in [5.41, 5.74) is 5.44. The SMILES string of the molecule is CCCCCC[N]C(C)N. The second kappa shape index (κ2) is 7.03. The Labute approximate surface area is 64.2 Å². The van der Waals surface area contributed by atoms with Crippen LogP contribution in [0, 0.1) is 0 Å². The molecule has 1 radical (unpaired) electrons. The highest BCUT2D eigenvalue weighted by Gasteiger charge is 1.92. The van der Waals surface area contributed by atoms with Crippen molar-refractivity contribution in [3.05, 3.63) is 0 Å². The molecule has 0 bridgehead atoms. The van der Waals surface area contributed by atoms with Gasteiger partial charge in [0, 0.05) is 6.54 Å². The number of rotatable bonds is 6. The van der Waals surface area contributed by atoms with Crippen molar-refractivity contribution < 1.29 is 0 Å².